The van der Waals surface area contributed by atoms with E-state index in [1.165, 1.54) is 17.9 Å². The van der Waals surface area contributed by atoms with Crippen molar-refractivity contribution in [1.82, 2.24) is 4.90 Å². The smallest absolute Gasteiger partial charge is 0.331 e. The van der Waals surface area contributed by atoms with E-state index in [1.807, 2.05) is 13.8 Å². The molecular formula is C18H25NO5. The Morgan fingerprint density at radius 2 is 1.79 bits per heavy atom. The van der Waals surface area contributed by atoms with Gasteiger partial charge in [-0.1, -0.05) is 6.07 Å². The molecule has 0 unspecified atom stereocenters. The van der Waals surface area contributed by atoms with Gasteiger partial charge in [0.2, 0.25) is 0 Å². The van der Waals surface area contributed by atoms with Crippen LogP contribution in [0.5, 0.6) is 11.5 Å². The minimum Gasteiger partial charge on any atom is -0.493 e. The number of nitrogens with zero attached hydrogens (tertiary/aromatic N) is 1. The highest BCUT2D eigenvalue weighted by Crippen LogP contribution is 2.29. The van der Waals surface area contributed by atoms with E-state index in [2.05, 4.69) is 0 Å². The first kappa shape index (κ1) is 19.5. The standard InChI is InChI=1S/C18H25NO5/c1-12(2)23-15-9-7-14(11-16(15)22-6)8-10-17(20)24-13(3)18(21)19(4)5/h7-13H,1-6H3/b10-8+/t13-/m1/s1. The molecule has 6 heteroatoms. The first-order chi connectivity index (χ1) is 11.2. The van der Waals surface area contributed by atoms with Gasteiger partial charge in [0.15, 0.2) is 17.6 Å². The monoisotopic (exact) mass is 335 g/mol. The van der Waals surface area contributed by atoms with Crippen LogP contribution in [0.1, 0.15) is 26.3 Å². The molecule has 0 N–H and O–H groups in total. The number of carbonyl (C=O) groups excluding carboxylic acids is 2. The minimum atomic E-state index is -0.825. The number of rotatable bonds is 7. The number of esters is 1. The first-order valence-corrected chi connectivity index (χ1v) is 7.69. The van der Waals surface area contributed by atoms with Crippen LogP contribution in [0.25, 0.3) is 6.08 Å². The molecule has 1 atom stereocenters. The van der Waals surface area contributed by atoms with Crippen LogP contribution in [0.4, 0.5) is 0 Å². The highest BCUT2D eigenvalue weighted by Gasteiger charge is 2.18. The zero-order chi connectivity index (χ0) is 18.3. The number of hydrogen-bond acceptors (Lipinski definition) is 5. The number of hydrogen-bond donors (Lipinski definition) is 0. The Balaban J connectivity index is 2.76. The lowest BCUT2D eigenvalue weighted by Gasteiger charge is -2.16. The number of carbonyl (C=O) groups is 2. The Hall–Kier alpha value is -2.50. The van der Waals surface area contributed by atoms with Crippen molar-refractivity contribution in [3.63, 3.8) is 0 Å². The van der Waals surface area contributed by atoms with E-state index < -0.39 is 12.1 Å². The third-order valence-electron chi connectivity index (χ3n) is 3.04. The lowest BCUT2D eigenvalue weighted by molar-refractivity contribution is -0.153. The second-order valence-corrected chi connectivity index (χ2v) is 5.72. The van der Waals surface area contributed by atoms with Gasteiger partial charge in [-0.25, -0.2) is 4.79 Å². The normalized spacial score (nSPS) is 12.1. The molecular weight excluding hydrogens is 310 g/mol. The lowest BCUT2D eigenvalue weighted by atomic mass is 10.2. The van der Waals surface area contributed by atoms with Gasteiger partial charge in [-0.2, -0.15) is 0 Å². The molecule has 0 bridgehead atoms. The van der Waals surface area contributed by atoms with Gasteiger partial charge in [0.05, 0.1) is 13.2 Å². The summed E-state index contributed by atoms with van der Waals surface area (Å²) in [6.45, 7) is 5.40. The molecule has 1 aromatic rings. The number of ether oxygens (including phenoxy) is 3. The summed E-state index contributed by atoms with van der Waals surface area (Å²) in [5.41, 5.74) is 0.756. The van der Waals surface area contributed by atoms with E-state index in [4.69, 9.17) is 14.2 Å². The van der Waals surface area contributed by atoms with Crippen molar-refractivity contribution in [2.45, 2.75) is 33.0 Å². The molecule has 1 aromatic carbocycles. The number of amides is 1. The number of benzene rings is 1. The highest BCUT2D eigenvalue weighted by molar-refractivity contribution is 5.90. The van der Waals surface area contributed by atoms with Crippen LogP contribution >= 0.6 is 0 Å². The zero-order valence-electron chi connectivity index (χ0n) is 15.0. The molecule has 6 nitrogen and oxygen atoms in total. The average Bonchev–Trinajstić information content (AvgIpc) is 2.52. The largest absolute Gasteiger partial charge is 0.493 e. The van der Waals surface area contributed by atoms with Crippen molar-refractivity contribution < 1.29 is 23.8 Å². The quantitative estimate of drug-likeness (QED) is 0.566. The molecule has 0 aliphatic carbocycles. The molecule has 0 heterocycles. The second kappa shape index (κ2) is 8.96. The number of likely N-dealkylation sites (N-methyl/N-ethyl adjacent to an activating group) is 1. The van der Waals surface area contributed by atoms with Crippen molar-refractivity contribution >= 4 is 18.0 Å². The van der Waals surface area contributed by atoms with Gasteiger partial charge in [-0.3, -0.25) is 4.79 Å². The Kier molecular flexibility index (Phi) is 7.30. The summed E-state index contributed by atoms with van der Waals surface area (Å²) in [4.78, 5) is 24.8. The maximum atomic E-state index is 11.8. The first-order valence-electron chi connectivity index (χ1n) is 7.69. The fourth-order valence-electron chi connectivity index (χ4n) is 1.93. The Labute approximate surface area is 143 Å². The van der Waals surface area contributed by atoms with E-state index in [1.54, 1.807) is 45.5 Å². The molecule has 0 aliphatic rings. The second-order valence-electron chi connectivity index (χ2n) is 5.72. The third kappa shape index (κ3) is 5.95. The van der Waals surface area contributed by atoms with Gasteiger partial charge >= 0.3 is 5.97 Å². The minimum absolute atomic E-state index is 0.0333. The van der Waals surface area contributed by atoms with Crippen molar-refractivity contribution in [2.75, 3.05) is 21.2 Å². The molecule has 0 aliphatic heterocycles. The van der Waals surface area contributed by atoms with Gasteiger partial charge in [0, 0.05) is 20.2 Å². The van der Waals surface area contributed by atoms with Crippen molar-refractivity contribution in [3.8, 4) is 11.5 Å². The van der Waals surface area contributed by atoms with Crippen LogP contribution in [-0.2, 0) is 14.3 Å². The molecule has 0 saturated heterocycles. The molecule has 132 valence electrons. The highest BCUT2D eigenvalue weighted by atomic mass is 16.5. The Bertz CT molecular complexity index is 607. The van der Waals surface area contributed by atoms with Crippen LogP contribution in [0, 0.1) is 0 Å². The summed E-state index contributed by atoms with van der Waals surface area (Å²) in [5, 5.41) is 0. The average molecular weight is 335 g/mol. The van der Waals surface area contributed by atoms with E-state index in [0.29, 0.717) is 11.5 Å². The maximum absolute atomic E-state index is 11.8. The SMILES string of the molecule is COc1cc(/C=C/C(=O)O[C@H](C)C(=O)N(C)C)ccc1OC(C)C. The van der Waals surface area contributed by atoms with Gasteiger partial charge < -0.3 is 19.1 Å². The maximum Gasteiger partial charge on any atom is 0.331 e. The fraction of sp³-hybridized carbons (Fsp3) is 0.444. The molecule has 24 heavy (non-hydrogen) atoms. The molecule has 0 spiro atoms. The van der Waals surface area contributed by atoms with Crippen LogP contribution in [0.3, 0.4) is 0 Å². The van der Waals surface area contributed by atoms with Crippen LogP contribution < -0.4 is 9.47 Å². The van der Waals surface area contributed by atoms with Gasteiger partial charge in [0.25, 0.3) is 5.91 Å². The van der Waals surface area contributed by atoms with Crippen LogP contribution in [0.2, 0.25) is 0 Å². The predicted molar refractivity (Wildman–Crippen MR) is 92.0 cm³/mol. The van der Waals surface area contributed by atoms with Crippen LogP contribution in [-0.4, -0.2) is 50.2 Å². The third-order valence-corrected chi connectivity index (χ3v) is 3.04. The van der Waals surface area contributed by atoms with E-state index in [-0.39, 0.29) is 12.0 Å². The van der Waals surface area contributed by atoms with Crippen molar-refractivity contribution in [2.24, 2.45) is 0 Å². The fourth-order valence-corrected chi connectivity index (χ4v) is 1.93. The van der Waals surface area contributed by atoms with Crippen LogP contribution in [0.15, 0.2) is 24.3 Å². The molecule has 1 amide bonds. The molecule has 0 saturated carbocycles. The zero-order valence-corrected chi connectivity index (χ0v) is 15.0. The summed E-state index contributed by atoms with van der Waals surface area (Å²) in [7, 11) is 4.77. The molecule has 0 radical (unpaired) electrons. The number of methoxy groups -OCH3 is 1. The van der Waals surface area contributed by atoms with E-state index >= 15 is 0 Å². The predicted octanol–water partition coefficient (Wildman–Crippen LogP) is 2.52. The molecule has 0 fully saturated rings. The Morgan fingerprint density at radius 1 is 1.12 bits per heavy atom. The summed E-state index contributed by atoms with van der Waals surface area (Å²) >= 11 is 0. The Morgan fingerprint density at radius 3 is 2.33 bits per heavy atom. The van der Waals surface area contributed by atoms with E-state index in [9.17, 15) is 9.59 Å². The van der Waals surface area contributed by atoms with Gasteiger partial charge in [-0.15, -0.1) is 0 Å². The van der Waals surface area contributed by atoms with Crippen molar-refractivity contribution in [1.29, 1.82) is 0 Å². The van der Waals surface area contributed by atoms with Gasteiger partial charge in [-0.05, 0) is 44.5 Å². The summed E-state index contributed by atoms with van der Waals surface area (Å²) in [6.07, 6.45) is 2.08. The summed E-state index contributed by atoms with van der Waals surface area (Å²) in [6, 6.07) is 5.34. The topological polar surface area (TPSA) is 65.1 Å². The summed E-state index contributed by atoms with van der Waals surface area (Å²) in [5.74, 6) is 0.362. The molecule has 0 aromatic heterocycles. The van der Waals surface area contributed by atoms with E-state index in [0.717, 1.165) is 5.56 Å². The lowest BCUT2D eigenvalue weighted by Crippen LogP contribution is -2.34. The van der Waals surface area contributed by atoms with Gasteiger partial charge in [0.1, 0.15) is 0 Å². The molecule has 1 rings (SSSR count). The van der Waals surface area contributed by atoms with Crippen molar-refractivity contribution in [3.05, 3.63) is 29.8 Å². The summed E-state index contributed by atoms with van der Waals surface area (Å²) < 4.78 is 16.0.